The summed E-state index contributed by atoms with van der Waals surface area (Å²) in [7, 11) is 0.0303. The summed E-state index contributed by atoms with van der Waals surface area (Å²) in [6.45, 7) is 4.28. The van der Waals surface area contributed by atoms with Gasteiger partial charge < -0.3 is 4.74 Å². The standard InChI is InChI=1S/C24H32O2S/c1-15-7-20(27-5-3-4-6-27)8-16(2)21(15)26-22(25)24-13-18-9-17-10-19(14-24)23(24,11-17)12-18/h7-8,17-19,27H,3-6,9-14H2,1-2H3. The van der Waals surface area contributed by atoms with Crippen molar-refractivity contribution in [2.24, 2.45) is 28.6 Å². The number of hydrogen-bond acceptors (Lipinski definition) is 2. The molecule has 1 aromatic carbocycles. The first-order valence-electron chi connectivity index (χ1n) is 11.1. The van der Waals surface area contributed by atoms with Crippen LogP contribution < -0.4 is 4.74 Å². The number of carbonyl (C=O) groups excluding carboxylic acids is 1. The first-order chi connectivity index (χ1) is 13.0. The van der Waals surface area contributed by atoms with Crippen molar-refractivity contribution in [2.45, 2.75) is 70.1 Å². The van der Waals surface area contributed by atoms with Crippen LogP contribution in [0.3, 0.4) is 0 Å². The zero-order valence-electron chi connectivity index (χ0n) is 16.7. The highest BCUT2D eigenvalue weighted by atomic mass is 32.2. The van der Waals surface area contributed by atoms with Crippen molar-refractivity contribution >= 4 is 16.9 Å². The van der Waals surface area contributed by atoms with E-state index >= 15 is 0 Å². The summed E-state index contributed by atoms with van der Waals surface area (Å²) in [6.07, 6.45) is 10.4. The molecular weight excluding hydrogens is 352 g/mol. The SMILES string of the molecule is Cc1cc([SH]2CCCC2)cc(C)c1OC(=O)C12CC3CC4CC(C1)C2(C4)C3. The minimum absolute atomic E-state index is 0.0303. The highest BCUT2D eigenvalue weighted by Gasteiger charge is 2.77. The summed E-state index contributed by atoms with van der Waals surface area (Å²) >= 11 is 0. The predicted octanol–water partition coefficient (Wildman–Crippen LogP) is 5.58. The first kappa shape index (κ1) is 16.9. The average Bonchev–Trinajstić information content (AvgIpc) is 3.26. The van der Waals surface area contributed by atoms with Gasteiger partial charge in [0.1, 0.15) is 5.75 Å². The fourth-order valence-corrected chi connectivity index (χ4v) is 10.9. The van der Waals surface area contributed by atoms with Gasteiger partial charge in [-0.05, 0) is 128 Å². The van der Waals surface area contributed by atoms with Gasteiger partial charge in [-0.1, -0.05) is 0 Å². The lowest BCUT2D eigenvalue weighted by Crippen LogP contribution is -2.58. The third-order valence-corrected chi connectivity index (χ3v) is 11.8. The van der Waals surface area contributed by atoms with E-state index < -0.39 is 0 Å². The van der Waals surface area contributed by atoms with Crippen molar-refractivity contribution < 1.29 is 9.53 Å². The second-order valence-electron chi connectivity index (χ2n) is 10.4. The van der Waals surface area contributed by atoms with E-state index in [0.29, 0.717) is 5.41 Å². The summed E-state index contributed by atoms with van der Waals surface area (Å²) in [4.78, 5) is 15.0. The van der Waals surface area contributed by atoms with Crippen LogP contribution in [-0.4, -0.2) is 17.5 Å². The molecule has 1 heterocycles. The summed E-state index contributed by atoms with van der Waals surface area (Å²) in [5.41, 5.74) is 2.53. The lowest BCUT2D eigenvalue weighted by atomic mass is 9.46. The normalized spacial score (nSPS) is 42.3. The molecule has 5 atom stereocenters. The topological polar surface area (TPSA) is 26.3 Å². The molecule has 27 heavy (non-hydrogen) atoms. The maximum Gasteiger partial charge on any atom is 0.318 e. The molecule has 1 aromatic rings. The number of thiol groups is 1. The van der Waals surface area contributed by atoms with Gasteiger partial charge in [0.2, 0.25) is 0 Å². The Hall–Kier alpha value is -0.960. The van der Waals surface area contributed by atoms with Crippen LogP contribution in [0.4, 0.5) is 0 Å². The lowest BCUT2D eigenvalue weighted by molar-refractivity contribution is -0.176. The van der Waals surface area contributed by atoms with Gasteiger partial charge in [0.15, 0.2) is 0 Å². The van der Waals surface area contributed by atoms with E-state index in [1.54, 1.807) is 0 Å². The summed E-state index contributed by atoms with van der Waals surface area (Å²) in [5.74, 6) is 6.25. The molecule has 1 aliphatic heterocycles. The summed E-state index contributed by atoms with van der Waals surface area (Å²) in [6, 6.07) is 4.65. The number of rotatable bonds is 3. The fraction of sp³-hybridized carbons (Fsp3) is 0.708. The molecule has 1 spiro atoms. The molecule has 5 aliphatic rings. The van der Waals surface area contributed by atoms with E-state index in [9.17, 15) is 4.79 Å². The Kier molecular flexibility index (Phi) is 3.49. The van der Waals surface area contributed by atoms with Gasteiger partial charge in [-0.15, -0.1) is 0 Å². The van der Waals surface area contributed by atoms with Crippen molar-refractivity contribution in [1.82, 2.24) is 0 Å². The minimum Gasteiger partial charge on any atom is -0.426 e. The lowest BCUT2D eigenvalue weighted by Gasteiger charge is -2.56. The molecule has 6 rings (SSSR count). The second kappa shape index (κ2) is 5.55. The van der Waals surface area contributed by atoms with Gasteiger partial charge in [0.05, 0.1) is 5.41 Å². The van der Waals surface area contributed by atoms with Crippen molar-refractivity contribution in [3.05, 3.63) is 23.3 Å². The van der Waals surface area contributed by atoms with Crippen molar-refractivity contribution in [2.75, 3.05) is 11.5 Å². The quantitative estimate of drug-likeness (QED) is 0.418. The molecule has 5 unspecified atom stereocenters. The van der Waals surface area contributed by atoms with Crippen LogP contribution in [0.2, 0.25) is 0 Å². The van der Waals surface area contributed by atoms with E-state index in [1.807, 2.05) is 0 Å². The van der Waals surface area contributed by atoms with Gasteiger partial charge in [-0.2, -0.15) is 0 Å². The molecule has 3 heteroatoms. The number of benzene rings is 1. The maximum atomic E-state index is 13.5. The third-order valence-electron chi connectivity index (χ3n) is 9.06. The zero-order valence-corrected chi connectivity index (χ0v) is 17.6. The molecule has 1 saturated heterocycles. The van der Waals surface area contributed by atoms with Crippen LogP contribution in [0.25, 0.3) is 0 Å². The third kappa shape index (κ3) is 2.13. The van der Waals surface area contributed by atoms with E-state index in [4.69, 9.17) is 4.74 Å². The molecule has 5 fully saturated rings. The molecule has 2 nitrogen and oxygen atoms in total. The summed E-state index contributed by atoms with van der Waals surface area (Å²) in [5, 5.41) is 0. The van der Waals surface area contributed by atoms with E-state index in [0.717, 1.165) is 36.3 Å². The average molecular weight is 385 g/mol. The predicted molar refractivity (Wildman–Crippen MR) is 111 cm³/mol. The van der Waals surface area contributed by atoms with Crippen LogP contribution in [0.5, 0.6) is 5.75 Å². The molecule has 0 amide bonds. The molecule has 0 radical (unpaired) electrons. The number of fused-ring (bicyclic) bond motifs is 2. The van der Waals surface area contributed by atoms with Crippen LogP contribution in [0, 0.1) is 42.4 Å². The van der Waals surface area contributed by atoms with Gasteiger partial charge in [0, 0.05) is 0 Å². The maximum absolute atomic E-state index is 13.5. The Labute approximate surface area is 165 Å². The van der Waals surface area contributed by atoms with Crippen LogP contribution in [0.15, 0.2) is 17.0 Å². The fourth-order valence-electron chi connectivity index (χ4n) is 8.19. The molecule has 0 N–H and O–H groups in total. The molecule has 3 bridgehead atoms. The van der Waals surface area contributed by atoms with Crippen molar-refractivity contribution in [3.8, 4) is 5.75 Å². The Balaban J connectivity index is 1.29. The smallest absolute Gasteiger partial charge is 0.318 e. The van der Waals surface area contributed by atoms with Crippen LogP contribution in [0.1, 0.15) is 62.5 Å². The number of carbonyl (C=O) groups is 1. The molecule has 0 aromatic heterocycles. The number of aryl methyl sites for hydroxylation is 2. The second-order valence-corrected chi connectivity index (χ2v) is 12.9. The Bertz CT molecular complexity index is 797. The van der Waals surface area contributed by atoms with E-state index in [-0.39, 0.29) is 22.3 Å². The Morgan fingerprint density at radius 3 is 2.44 bits per heavy atom. The monoisotopic (exact) mass is 384 g/mol. The van der Waals surface area contributed by atoms with Crippen molar-refractivity contribution in [3.63, 3.8) is 0 Å². The molecular formula is C24H32O2S. The van der Waals surface area contributed by atoms with Gasteiger partial charge in [-0.3, -0.25) is 4.79 Å². The number of hydrogen-bond donors (Lipinski definition) is 1. The van der Waals surface area contributed by atoms with E-state index in [1.165, 1.54) is 66.1 Å². The molecule has 4 aliphatic carbocycles. The minimum atomic E-state index is -0.138. The van der Waals surface area contributed by atoms with Crippen molar-refractivity contribution in [1.29, 1.82) is 0 Å². The Morgan fingerprint density at radius 1 is 1.00 bits per heavy atom. The Morgan fingerprint density at radius 2 is 1.70 bits per heavy atom. The molecule has 4 saturated carbocycles. The number of ether oxygens (including phenoxy) is 1. The largest absolute Gasteiger partial charge is 0.426 e. The summed E-state index contributed by atoms with van der Waals surface area (Å²) < 4.78 is 6.24. The highest BCUT2D eigenvalue weighted by molar-refractivity contribution is 8.17. The van der Waals surface area contributed by atoms with Crippen LogP contribution >= 0.6 is 10.9 Å². The molecule has 146 valence electrons. The number of esters is 1. The first-order valence-corrected chi connectivity index (χ1v) is 12.8. The van der Waals surface area contributed by atoms with E-state index in [2.05, 4.69) is 26.0 Å². The van der Waals surface area contributed by atoms with Gasteiger partial charge in [0.25, 0.3) is 0 Å². The van der Waals surface area contributed by atoms with Crippen LogP contribution in [-0.2, 0) is 4.79 Å². The zero-order chi connectivity index (χ0) is 18.4. The van der Waals surface area contributed by atoms with Gasteiger partial charge >= 0.3 is 5.97 Å². The highest BCUT2D eigenvalue weighted by Crippen LogP contribution is 2.81. The van der Waals surface area contributed by atoms with Gasteiger partial charge in [-0.25, -0.2) is 10.9 Å².